The first-order valence-electron chi connectivity index (χ1n) is 6.91. The van der Waals surface area contributed by atoms with Gasteiger partial charge >= 0.3 is 0 Å². The molecule has 3 aromatic rings. The lowest BCUT2D eigenvalue weighted by atomic mass is 10.2. The van der Waals surface area contributed by atoms with E-state index < -0.39 is 0 Å². The Bertz CT molecular complexity index is 813. The van der Waals surface area contributed by atoms with E-state index in [1.807, 2.05) is 19.1 Å². The van der Waals surface area contributed by atoms with Crippen molar-refractivity contribution >= 4 is 34.0 Å². The summed E-state index contributed by atoms with van der Waals surface area (Å²) in [4.78, 5) is 21.3. The van der Waals surface area contributed by atoms with Gasteiger partial charge in [-0.25, -0.2) is 4.98 Å². The number of rotatable bonds is 5. The van der Waals surface area contributed by atoms with Crippen LogP contribution in [0, 0.1) is 6.92 Å². The van der Waals surface area contributed by atoms with E-state index in [1.54, 1.807) is 18.3 Å². The molecule has 0 unspecified atom stereocenters. The van der Waals surface area contributed by atoms with Gasteiger partial charge in [-0.1, -0.05) is 16.8 Å². The normalized spacial score (nSPS) is 10.7. The molecular formula is C15H13ClN4O2S. The van der Waals surface area contributed by atoms with Gasteiger partial charge in [-0.15, -0.1) is 11.3 Å². The zero-order valence-corrected chi connectivity index (χ0v) is 13.8. The van der Waals surface area contributed by atoms with Crippen LogP contribution >= 0.6 is 22.9 Å². The number of amides is 1. The first-order valence-corrected chi connectivity index (χ1v) is 8.10. The Labute approximate surface area is 141 Å². The molecule has 0 bridgehead atoms. The number of aryl methyl sites for hydroxylation is 2. The highest BCUT2D eigenvalue weighted by Gasteiger charge is 2.11. The summed E-state index contributed by atoms with van der Waals surface area (Å²) >= 11 is 7.28. The molecule has 0 saturated heterocycles. The standard InChI is InChI=1S/C15H13ClN4O2S/c1-9-8-17-15(23-9)18-12(21)6-7-13-19-14(20-22-13)10-2-4-11(16)5-3-10/h2-5,8H,6-7H2,1H3,(H,17,18,21). The van der Waals surface area contributed by atoms with Crippen molar-refractivity contribution in [2.45, 2.75) is 19.8 Å². The van der Waals surface area contributed by atoms with Crippen molar-refractivity contribution in [2.24, 2.45) is 0 Å². The average molecular weight is 349 g/mol. The summed E-state index contributed by atoms with van der Waals surface area (Å²) in [5.41, 5.74) is 0.812. The van der Waals surface area contributed by atoms with E-state index in [9.17, 15) is 4.79 Å². The van der Waals surface area contributed by atoms with E-state index in [1.165, 1.54) is 11.3 Å². The first-order chi connectivity index (χ1) is 11.1. The second-order valence-corrected chi connectivity index (χ2v) is 6.51. The quantitative estimate of drug-likeness (QED) is 0.759. The van der Waals surface area contributed by atoms with Crippen molar-refractivity contribution in [3.05, 3.63) is 46.3 Å². The minimum atomic E-state index is -0.134. The number of hydrogen-bond acceptors (Lipinski definition) is 6. The van der Waals surface area contributed by atoms with Crippen LogP contribution in [0.1, 0.15) is 17.2 Å². The number of nitrogens with one attached hydrogen (secondary N) is 1. The van der Waals surface area contributed by atoms with E-state index in [0.717, 1.165) is 10.4 Å². The molecule has 118 valence electrons. The summed E-state index contributed by atoms with van der Waals surface area (Å²) in [5, 5.41) is 7.89. The zero-order valence-electron chi connectivity index (χ0n) is 12.2. The predicted octanol–water partition coefficient (Wildman–Crippen LogP) is 3.73. The maximum atomic E-state index is 11.9. The number of benzene rings is 1. The second-order valence-electron chi connectivity index (χ2n) is 4.84. The lowest BCUT2D eigenvalue weighted by Crippen LogP contribution is -2.12. The number of thiazole rings is 1. The molecule has 3 rings (SSSR count). The molecule has 1 aromatic carbocycles. The third-order valence-electron chi connectivity index (χ3n) is 3.00. The van der Waals surface area contributed by atoms with Gasteiger partial charge in [0.2, 0.25) is 17.6 Å². The lowest BCUT2D eigenvalue weighted by molar-refractivity contribution is -0.116. The van der Waals surface area contributed by atoms with Crippen LogP contribution in [0.25, 0.3) is 11.4 Å². The first kappa shape index (κ1) is 15.6. The van der Waals surface area contributed by atoms with Gasteiger partial charge in [0, 0.05) is 34.5 Å². The zero-order chi connectivity index (χ0) is 16.2. The Hall–Kier alpha value is -2.25. The molecule has 23 heavy (non-hydrogen) atoms. The molecule has 0 radical (unpaired) electrons. The maximum absolute atomic E-state index is 11.9. The molecule has 0 aliphatic carbocycles. The van der Waals surface area contributed by atoms with Gasteiger partial charge in [0.25, 0.3) is 0 Å². The molecule has 0 aliphatic heterocycles. The molecule has 1 amide bonds. The van der Waals surface area contributed by atoms with Crippen molar-refractivity contribution in [3.63, 3.8) is 0 Å². The third-order valence-corrected chi connectivity index (χ3v) is 4.08. The number of aromatic nitrogens is 3. The van der Waals surface area contributed by atoms with Gasteiger partial charge in [0.05, 0.1) is 0 Å². The number of nitrogens with zero attached hydrogens (tertiary/aromatic N) is 3. The van der Waals surface area contributed by atoms with E-state index in [0.29, 0.717) is 28.3 Å². The minimum absolute atomic E-state index is 0.134. The fraction of sp³-hybridized carbons (Fsp3) is 0.200. The van der Waals surface area contributed by atoms with Gasteiger partial charge in [-0.05, 0) is 31.2 Å². The molecule has 2 heterocycles. The van der Waals surface area contributed by atoms with Crippen LogP contribution in [0.3, 0.4) is 0 Å². The van der Waals surface area contributed by atoms with Gasteiger partial charge in [0.15, 0.2) is 5.13 Å². The van der Waals surface area contributed by atoms with E-state index >= 15 is 0 Å². The summed E-state index contributed by atoms with van der Waals surface area (Å²) in [6.45, 7) is 1.93. The van der Waals surface area contributed by atoms with Gasteiger partial charge in [-0.2, -0.15) is 4.98 Å². The van der Waals surface area contributed by atoms with Gasteiger partial charge < -0.3 is 9.84 Å². The van der Waals surface area contributed by atoms with Crippen LogP contribution in [0.2, 0.25) is 5.02 Å². The maximum Gasteiger partial charge on any atom is 0.227 e. The number of carbonyl (C=O) groups is 1. The molecule has 0 saturated carbocycles. The summed E-state index contributed by atoms with van der Waals surface area (Å²) in [6, 6.07) is 7.15. The highest BCUT2D eigenvalue weighted by molar-refractivity contribution is 7.15. The van der Waals surface area contributed by atoms with E-state index in [2.05, 4.69) is 20.4 Å². The van der Waals surface area contributed by atoms with Crippen molar-refractivity contribution in [1.29, 1.82) is 0 Å². The molecule has 2 aromatic heterocycles. The van der Waals surface area contributed by atoms with Crippen LogP contribution in [0.15, 0.2) is 35.0 Å². The molecule has 0 fully saturated rings. The van der Waals surface area contributed by atoms with Crippen LogP contribution < -0.4 is 5.32 Å². The minimum Gasteiger partial charge on any atom is -0.339 e. The fourth-order valence-electron chi connectivity index (χ4n) is 1.89. The summed E-state index contributed by atoms with van der Waals surface area (Å²) in [6.07, 6.45) is 2.34. The van der Waals surface area contributed by atoms with E-state index in [-0.39, 0.29) is 12.3 Å². The number of carbonyl (C=O) groups excluding carboxylic acids is 1. The second kappa shape index (κ2) is 6.89. The lowest BCUT2D eigenvalue weighted by Gasteiger charge is -1.98. The van der Waals surface area contributed by atoms with Crippen LogP contribution in [0.4, 0.5) is 5.13 Å². The number of halogens is 1. The Kier molecular flexibility index (Phi) is 4.68. The fourth-order valence-corrected chi connectivity index (χ4v) is 2.69. The largest absolute Gasteiger partial charge is 0.339 e. The number of hydrogen-bond donors (Lipinski definition) is 1. The number of anilines is 1. The molecule has 1 N–H and O–H groups in total. The molecule has 0 atom stereocenters. The van der Waals surface area contributed by atoms with Crippen molar-refractivity contribution in [3.8, 4) is 11.4 Å². The topological polar surface area (TPSA) is 80.9 Å². The average Bonchev–Trinajstić information content (AvgIpc) is 3.15. The Morgan fingerprint density at radius 3 is 2.83 bits per heavy atom. The van der Waals surface area contributed by atoms with Gasteiger partial charge in [-0.3, -0.25) is 4.79 Å². The highest BCUT2D eigenvalue weighted by Crippen LogP contribution is 2.19. The van der Waals surface area contributed by atoms with Crippen LogP contribution in [0.5, 0.6) is 0 Å². The Balaban J connectivity index is 1.56. The Morgan fingerprint density at radius 2 is 2.13 bits per heavy atom. The molecule has 0 spiro atoms. The molecular weight excluding hydrogens is 336 g/mol. The van der Waals surface area contributed by atoms with E-state index in [4.69, 9.17) is 16.1 Å². The SMILES string of the molecule is Cc1cnc(NC(=O)CCc2nc(-c3ccc(Cl)cc3)no2)s1. The summed E-state index contributed by atoms with van der Waals surface area (Å²) < 4.78 is 5.17. The van der Waals surface area contributed by atoms with Crippen molar-refractivity contribution < 1.29 is 9.32 Å². The van der Waals surface area contributed by atoms with Crippen molar-refractivity contribution in [1.82, 2.24) is 15.1 Å². The van der Waals surface area contributed by atoms with Crippen molar-refractivity contribution in [2.75, 3.05) is 5.32 Å². The Morgan fingerprint density at radius 1 is 1.35 bits per heavy atom. The molecule has 6 nitrogen and oxygen atoms in total. The van der Waals surface area contributed by atoms with Gasteiger partial charge in [0.1, 0.15) is 0 Å². The third kappa shape index (κ3) is 4.14. The monoisotopic (exact) mass is 348 g/mol. The smallest absolute Gasteiger partial charge is 0.227 e. The highest BCUT2D eigenvalue weighted by atomic mass is 35.5. The van der Waals surface area contributed by atoms with Crippen LogP contribution in [-0.2, 0) is 11.2 Å². The summed E-state index contributed by atoms with van der Waals surface area (Å²) in [5.74, 6) is 0.763. The predicted molar refractivity (Wildman–Crippen MR) is 88.5 cm³/mol. The summed E-state index contributed by atoms with van der Waals surface area (Å²) in [7, 11) is 0. The molecule has 0 aliphatic rings. The van der Waals surface area contributed by atoms with Crippen LogP contribution in [-0.4, -0.2) is 21.0 Å². The molecule has 8 heteroatoms.